The smallest absolute Gasteiger partial charge is 0.282 e. The normalized spacial score (nSPS) is 12.3. The number of ether oxygens (including phenoxy) is 6. The quantitative estimate of drug-likeness (QED) is 0.0504. The molecule has 0 aliphatic rings. The lowest BCUT2D eigenvalue weighted by Gasteiger charge is -2.33. The highest BCUT2D eigenvalue weighted by molar-refractivity contribution is 5.23. The molecule has 1 aromatic rings. The third kappa shape index (κ3) is 23.5. The molecule has 0 radical (unpaired) electrons. The largest absolute Gasteiger partial charge is 0.327 e. The van der Waals surface area contributed by atoms with Crippen LogP contribution >= 0.6 is 0 Å². The van der Waals surface area contributed by atoms with Crippen molar-refractivity contribution in [2.45, 2.75) is 208 Å². The van der Waals surface area contributed by atoms with Gasteiger partial charge in [0, 0.05) is 12.8 Å². The van der Waals surface area contributed by atoms with Crippen LogP contribution in [-0.2, 0) is 41.3 Å². The van der Waals surface area contributed by atoms with E-state index in [9.17, 15) is 0 Å². The Hall–Kier alpha value is -1.02. The van der Waals surface area contributed by atoms with Crippen LogP contribution in [0.5, 0.6) is 0 Å². The lowest BCUT2D eigenvalue weighted by Crippen LogP contribution is -2.40. The molecule has 0 N–H and O–H groups in total. The molecule has 0 fully saturated rings. The van der Waals surface area contributed by atoms with Crippen LogP contribution in [0.1, 0.15) is 194 Å². The second-order valence-corrected chi connectivity index (χ2v) is 14.2. The molecule has 0 bridgehead atoms. The SMILES string of the molecule is CCCOC(CCCCCCCCCc1cccc(CCCCCCCCCC(OCCC)(OCCC)OCCC)c1)(OCCC)OCCC. The van der Waals surface area contributed by atoms with E-state index < -0.39 is 11.9 Å². The zero-order valence-electron chi connectivity index (χ0n) is 34.0. The minimum absolute atomic E-state index is 0.681. The molecule has 0 saturated carbocycles. The van der Waals surface area contributed by atoms with Gasteiger partial charge < -0.3 is 28.4 Å². The van der Waals surface area contributed by atoms with Crippen LogP contribution in [0.15, 0.2) is 24.3 Å². The summed E-state index contributed by atoms with van der Waals surface area (Å²) < 4.78 is 36.7. The number of hydrogen-bond acceptors (Lipinski definition) is 6. The fourth-order valence-corrected chi connectivity index (χ4v) is 6.28. The Labute approximate surface area is 310 Å². The van der Waals surface area contributed by atoms with E-state index in [4.69, 9.17) is 28.4 Å². The monoisotopic (exact) mass is 707 g/mol. The van der Waals surface area contributed by atoms with Crippen LogP contribution in [0.4, 0.5) is 0 Å². The Kier molecular flexibility index (Phi) is 30.7. The van der Waals surface area contributed by atoms with Crippen LogP contribution in [0.3, 0.4) is 0 Å². The number of benzene rings is 1. The summed E-state index contributed by atoms with van der Waals surface area (Å²) in [4.78, 5) is 0. The van der Waals surface area contributed by atoms with E-state index in [0.717, 1.165) is 64.2 Å². The maximum Gasteiger partial charge on any atom is 0.282 e. The van der Waals surface area contributed by atoms with Crippen LogP contribution in [0.25, 0.3) is 0 Å². The Morgan fingerprint density at radius 3 is 0.900 bits per heavy atom. The van der Waals surface area contributed by atoms with Crippen molar-refractivity contribution in [3.05, 3.63) is 35.4 Å². The lowest BCUT2D eigenvalue weighted by atomic mass is 9.99. The Morgan fingerprint density at radius 2 is 0.620 bits per heavy atom. The molecular weight excluding hydrogens is 624 g/mol. The Bertz CT molecular complexity index is 752. The average molecular weight is 707 g/mol. The molecule has 6 heteroatoms. The number of aryl methyl sites for hydroxylation is 2. The first-order valence-corrected chi connectivity index (χ1v) is 21.4. The summed E-state index contributed by atoms with van der Waals surface area (Å²) in [5.74, 6) is -1.69. The van der Waals surface area contributed by atoms with Crippen molar-refractivity contribution in [2.75, 3.05) is 39.6 Å². The first-order chi connectivity index (χ1) is 24.5. The topological polar surface area (TPSA) is 55.4 Å². The minimum Gasteiger partial charge on any atom is -0.327 e. The molecule has 0 atom stereocenters. The second kappa shape index (κ2) is 32.6. The molecule has 6 nitrogen and oxygen atoms in total. The Morgan fingerprint density at radius 1 is 0.360 bits per heavy atom. The summed E-state index contributed by atoms with van der Waals surface area (Å²) in [6.45, 7) is 16.9. The van der Waals surface area contributed by atoms with E-state index in [2.05, 4.69) is 65.8 Å². The third-order valence-electron chi connectivity index (χ3n) is 9.04. The van der Waals surface area contributed by atoms with E-state index in [0.29, 0.717) is 39.6 Å². The molecule has 0 heterocycles. The van der Waals surface area contributed by atoms with Crippen LogP contribution < -0.4 is 0 Å². The molecule has 0 aliphatic carbocycles. The van der Waals surface area contributed by atoms with Crippen molar-refractivity contribution in [3.8, 4) is 0 Å². The van der Waals surface area contributed by atoms with Gasteiger partial charge in [0.25, 0.3) is 11.9 Å². The van der Waals surface area contributed by atoms with Crippen molar-refractivity contribution in [3.63, 3.8) is 0 Å². The van der Waals surface area contributed by atoms with E-state index in [-0.39, 0.29) is 0 Å². The summed E-state index contributed by atoms with van der Waals surface area (Å²) in [6, 6.07) is 9.37. The van der Waals surface area contributed by atoms with Crippen molar-refractivity contribution in [1.82, 2.24) is 0 Å². The summed E-state index contributed by atoms with van der Waals surface area (Å²) in [5.41, 5.74) is 3.02. The Balaban J connectivity index is 2.21. The van der Waals surface area contributed by atoms with Gasteiger partial charge in [-0.05, 0) is 88.2 Å². The molecule has 0 spiro atoms. The van der Waals surface area contributed by atoms with Crippen LogP contribution in [-0.4, -0.2) is 51.6 Å². The molecule has 0 saturated heterocycles. The van der Waals surface area contributed by atoms with Gasteiger partial charge in [-0.15, -0.1) is 0 Å². The highest BCUT2D eigenvalue weighted by Crippen LogP contribution is 2.27. The molecule has 1 aromatic carbocycles. The standard InChI is InChI=1S/C44H82O6/c1-7-34-45-43(46-35-8-2,47-36-9-3)32-25-21-17-13-15-19-23-28-41-30-27-31-42(40-41)29-24-20-16-14-18-22-26-33-44(48-37-10-4,49-38-11-5)50-39-12-6/h27,30-31,40H,7-26,28-29,32-39H2,1-6H3. The van der Waals surface area contributed by atoms with Gasteiger partial charge in [-0.2, -0.15) is 0 Å². The van der Waals surface area contributed by atoms with Crippen molar-refractivity contribution in [1.29, 1.82) is 0 Å². The molecule has 0 aliphatic heterocycles. The average Bonchev–Trinajstić information content (AvgIpc) is 3.14. The predicted molar refractivity (Wildman–Crippen MR) is 211 cm³/mol. The van der Waals surface area contributed by atoms with Crippen molar-refractivity contribution < 1.29 is 28.4 Å². The van der Waals surface area contributed by atoms with E-state index in [1.54, 1.807) is 0 Å². The first kappa shape index (κ1) is 47.0. The maximum absolute atomic E-state index is 6.12. The first-order valence-electron chi connectivity index (χ1n) is 21.4. The fraction of sp³-hybridized carbons (Fsp3) is 0.864. The van der Waals surface area contributed by atoms with Crippen LogP contribution in [0.2, 0.25) is 0 Å². The van der Waals surface area contributed by atoms with Gasteiger partial charge in [-0.25, -0.2) is 0 Å². The van der Waals surface area contributed by atoms with Gasteiger partial charge >= 0.3 is 0 Å². The summed E-state index contributed by atoms with van der Waals surface area (Å²) in [6.07, 6.45) is 27.5. The predicted octanol–water partition coefficient (Wildman–Crippen LogP) is 12.9. The highest BCUT2D eigenvalue weighted by Gasteiger charge is 2.33. The molecule has 1 rings (SSSR count). The third-order valence-corrected chi connectivity index (χ3v) is 9.04. The van der Waals surface area contributed by atoms with E-state index in [1.807, 2.05) is 0 Å². The van der Waals surface area contributed by atoms with Gasteiger partial charge in [0.15, 0.2) is 0 Å². The number of unbranched alkanes of at least 4 members (excludes halogenated alkanes) is 12. The van der Waals surface area contributed by atoms with Crippen molar-refractivity contribution in [2.24, 2.45) is 0 Å². The zero-order chi connectivity index (χ0) is 36.4. The zero-order valence-corrected chi connectivity index (χ0v) is 34.0. The van der Waals surface area contributed by atoms with Gasteiger partial charge in [0.1, 0.15) is 0 Å². The minimum atomic E-state index is -0.844. The number of rotatable bonds is 38. The second-order valence-electron chi connectivity index (χ2n) is 14.2. The summed E-state index contributed by atoms with van der Waals surface area (Å²) in [5, 5.41) is 0. The molecule has 0 unspecified atom stereocenters. The van der Waals surface area contributed by atoms with Gasteiger partial charge in [-0.1, -0.05) is 130 Å². The number of hydrogen-bond donors (Lipinski definition) is 0. The maximum atomic E-state index is 6.12. The highest BCUT2D eigenvalue weighted by atomic mass is 16.9. The van der Waals surface area contributed by atoms with Gasteiger partial charge in [-0.3, -0.25) is 0 Å². The van der Waals surface area contributed by atoms with E-state index >= 15 is 0 Å². The molecular formula is C44H82O6. The molecule has 294 valence electrons. The van der Waals surface area contributed by atoms with Gasteiger partial charge in [0.2, 0.25) is 0 Å². The molecule has 50 heavy (non-hydrogen) atoms. The van der Waals surface area contributed by atoms with E-state index in [1.165, 1.54) is 101 Å². The fourth-order valence-electron chi connectivity index (χ4n) is 6.28. The van der Waals surface area contributed by atoms with Gasteiger partial charge in [0.05, 0.1) is 39.6 Å². The summed E-state index contributed by atoms with van der Waals surface area (Å²) in [7, 11) is 0. The summed E-state index contributed by atoms with van der Waals surface area (Å²) >= 11 is 0. The molecule has 0 amide bonds. The van der Waals surface area contributed by atoms with Crippen molar-refractivity contribution >= 4 is 0 Å². The molecule has 0 aromatic heterocycles. The van der Waals surface area contributed by atoms with Crippen LogP contribution in [0, 0.1) is 0 Å². The lowest BCUT2D eigenvalue weighted by molar-refractivity contribution is -0.384.